The number of hydrogen-bond donors (Lipinski definition) is 1. The Morgan fingerprint density at radius 3 is 2.60 bits per heavy atom. The van der Waals surface area contributed by atoms with E-state index in [1.165, 1.54) is 12.1 Å². The van der Waals surface area contributed by atoms with Gasteiger partial charge in [0, 0.05) is 11.1 Å². The van der Waals surface area contributed by atoms with E-state index in [-0.39, 0.29) is 33.7 Å². The standard InChI is InChI=1S/C26H20ClN3O5/c1-12-10-15(14(3)33-19-8-9-20(27)30-21(19)25(28)32)24-16(11-12)22(31)13(2)23(35-24)26-29-17-6-4-5-7-18(17)34-26/h4-11,14H,1-3H3,(H2,28,32)/t14-/m1/s1. The van der Waals surface area contributed by atoms with Crippen LogP contribution in [0.4, 0.5) is 0 Å². The van der Waals surface area contributed by atoms with Crippen LogP contribution in [0.15, 0.2) is 62.2 Å². The fraction of sp³-hybridized carbons (Fsp3) is 0.154. The van der Waals surface area contributed by atoms with E-state index in [1.807, 2.05) is 31.2 Å². The number of oxazole rings is 1. The lowest BCUT2D eigenvalue weighted by Crippen LogP contribution is -2.17. The zero-order valence-corrected chi connectivity index (χ0v) is 19.8. The number of benzene rings is 2. The van der Waals surface area contributed by atoms with Gasteiger partial charge in [-0.2, -0.15) is 0 Å². The summed E-state index contributed by atoms with van der Waals surface area (Å²) in [7, 11) is 0. The molecule has 0 aliphatic rings. The van der Waals surface area contributed by atoms with Gasteiger partial charge in [0.15, 0.2) is 28.2 Å². The lowest BCUT2D eigenvalue weighted by Gasteiger charge is -2.18. The molecular weight excluding hydrogens is 470 g/mol. The maximum atomic E-state index is 13.3. The third-order valence-electron chi connectivity index (χ3n) is 5.68. The lowest BCUT2D eigenvalue weighted by atomic mass is 10.0. The number of fused-ring (bicyclic) bond motifs is 2. The maximum Gasteiger partial charge on any atom is 0.271 e. The van der Waals surface area contributed by atoms with Crippen molar-refractivity contribution in [2.24, 2.45) is 5.73 Å². The summed E-state index contributed by atoms with van der Waals surface area (Å²) >= 11 is 5.91. The lowest BCUT2D eigenvalue weighted by molar-refractivity contribution is 0.0988. The van der Waals surface area contributed by atoms with Crippen LogP contribution in [0.1, 0.15) is 40.2 Å². The highest BCUT2D eigenvalue weighted by Gasteiger charge is 2.23. The SMILES string of the molecule is Cc1cc([C@@H](C)Oc2ccc(Cl)nc2C(N)=O)c2oc(-c3nc4ccccc4o3)c(C)c(=O)c2c1. The van der Waals surface area contributed by atoms with Gasteiger partial charge in [-0.25, -0.2) is 9.97 Å². The minimum atomic E-state index is -0.774. The van der Waals surface area contributed by atoms with E-state index in [4.69, 9.17) is 30.9 Å². The van der Waals surface area contributed by atoms with Crippen LogP contribution in [0.2, 0.25) is 5.15 Å². The molecule has 5 aromatic rings. The molecule has 3 heterocycles. The van der Waals surface area contributed by atoms with E-state index in [0.717, 1.165) is 5.56 Å². The molecule has 0 aliphatic heterocycles. The molecule has 0 spiro atoms. The van der Waals surface area contributed by atoms with Crippen molar-refractivity contribution < 1.29 is 18.4 Å². The Bertz CT molecular complexity index is 1660. The van der Waals surface area contributed by atoms with Crippen LogP contribution in [0.5, 0.6) is 5.75 Å². The van der Waals surface area contributed by atoms with Crippen molar-refractivity contribution in [2.75, 3.05) is 0 Å². The molecule has 0 saturated heterocycles. The summed E-state index contributed by atoms with van der Waals surface area (Å²) in [6.45, 7) is 5.32. The molecule has 0 unspecified atom stereocenters. The zero-order chi connectivity index (χ0) is 24.9. The summed E-state index contributed by atoms with van der Waals surface area (Å²) in [5, 5.41) is 0.515. The van der Waals surface area contributed by atoms with Crippen molar-refractivity contribution in [3.8, 4) is 17.4 Å². The predicted molar refractivity (Wildman–Crippen MR) is 132 cm³/mol. The molecule has 0 radical (unpaired) electrons. The number of carbonyl (C=O) groups is 1. The number of halogens is 1. The van der Waals surface area contributed by atoms with Crippen molar-refractivity contribution in [1.82, 2.24) is 9.97 Å². The Labute approximate surface area is 204 Å². The van der Waals surface area contributed by atoms with Gasteiger partial charge in [-0.1, -0.05) is 23.7 Å². The van der Waals surface area contributed by atoms with Crippen LogP contribution < -0.4 is 15.9 Å². The predicted octanol–water partition coefficient (Wildman–Crippen LogP) is 5.51. The summed E-state index contributed by atoms with van der Waals surface area (Å²) in [5.74, 6) is -0.162. The Morgan fingerprint density at radius 2 is 1.86 bits per heavy atom. The Morgan fingerprint density at radius 1 is 1.09 bits per heavy atom. The number of nitrogens with two attached hydrogens (primary N) is 1. The topological polar surface area (TPSA) is 121 Å². The number of hydrogen-bond acceptors (Lipinski definition) is 7. The van der Waals surface area contributed by atoms with E-state index in [1.54, 1.807) is 26.0 Å². The van der Waals surface area contributed by atoms with Gasteiger partial charge in [-0.15, -0.1) is 0 Å². The zero-order valence-electron chi connectivity index (χ0n) is 19.1. The minimum absolute atomic E-state index is 0.0919. The van der Waals surface area contributed by atoms with Gasteiger partial charge < -0.3 is 19.3 Å². The number of ether oxygens (including phenoxy) is 1. The van der Waals surface area contributed by atoms with Gasteiger partial charge in [0.2, 0.25) is 0 Å². The molecule has 2 aromatic carbocycles. The highest BCUT2D eigenvalue weighted by Crippen LogP contribution is 2.34. The van der Waals surface area contributed by atoms with Gasteiger partial charge in [-0.05, 0) is 62.7 Å². The maximum absolute atomic E-state index is 13.3. The van der Waals surface area contributed by atoms with E-state index >= 15 is 0 Å². The quantitative estimate of drug-likeness (QED) is 0.323. The Balaban J connectivity index is 1.67. The molecule has 9 heteroatoms. The summed E-state index contributed by atoms with van der Waals surface area (Å²) in [6.07, 6.45) is -0.638. The molecule has 1 amide bonds. The molecule has 5 rings (SSSR count). The van der Waals surface area contributed by atoms with Gasteiger partial charge >= 0.3 is 0 Å². The van der Waals surface area contributed by atoms with Crippen LogP contribution in [0, 0.1) is 13.8 Å². The molecule has 3 aromatic heterocycles. The fourth-order valence-electron chi connectivity index (χ4n) is 3.99. The third kappa shape index (κ3) is 4.02. The summed E-state index contributed by atoms with van der Waals surface area (Å²) in [4.78, 5) is 33.7. The number of primary amides is 1. The average molecular weight is 490 g/mol. The van der Waals surface area contributed by atoms with Gasteiger partial charge in [0.05, 0.1) is 5.39 Å². The first kappa shape index (κ1) is 22.6. The summed E-state index contributed by atoms with van der Waals surface area (Å²) < 4.78 is 18.2. The van der Waals surface area contributed by atoms with Crippen LogP contribution in [0.3, 0.4) is 0 Å². The van der Waals surface area contributed by atoms with Crippen molar-refractivity contribution in [3.63, 3.8) is 0 Å². The Kier molecular flexibility index (Phi) is 5.53. The van der Waals surface area contributed by atoms with E-state index in [2.05, 4.69) is 9.97 Å². The second kappa shape index (κ2) is 8.56. The number of amides is 1. The molecule has 1 atom stereocenters. The summed E-state index contributed by atoms with van der Waals surface area (Å²) in [5.41, 5.74) is 8.54. The first-order valence-electron chi connectivity index (χ1n) is 10.8. The van der Waals surface area contributed by atoms with Crippen LogP contribution in [-0.4, -0.2) is 15.9 Å². The average Bonchev–Trinajstić information content (AvgIpc) is 3.26. The monoisotopic (exact) mass is 489 g/mol. The second-order valence-electron chi connectivity index (χ2n) is 8.21. The van der Waals surface area contributed by atoms with Gasteiger partial charge in [0.1, 0.15) is 22.4 Å². The normalized spacial score (nSPS) is 12.2. The molecule has 0 saturated carbocycles. The molecular formula is C26H20ClN3O5. The second-order valence-corrected chi connectivity index (χ2v) is 8.60. The number of carbonyl (C=O) groups excluding carboxylic acids is 1. The van der Waals surface area contributed by atoms with Crippen LogP contribution in [-0.2, 0) is 0 Å². The van der Waals surface area contributed by atoms with E-state index in [0.29, 0.717) is 33.2 Å². The van der Waals surface area contributed by atoms with Gasteiger partial charge in [-0.3, -0.25) is 9.59 Å². The van der Waals surface area contributed by atoms with Crippen LogP contribution >= 0.6 is 11.6 Å². The molecule has 35 heavy (non-hydrogen) atoms. The molecule has 0 fully saturated rings. The molecule has 0 bridgehead atoms. The number of para-hydroxylation sites is 2. The fourth-order valence-corrected chi connectivity index (χ4v) is 4.14. The number of nitrogens with zero attached hydrogens (tertiary/aromatic N) is 2. The molecule has 8 nitrogen and oxygen atoms in total. The molecule has 176 valence electrons. The van der Waals surface area contributed by atoms with E-state index in [9.17, 15) is 9.59 Å². The van der Waals surface area contributed by atoms with Crippen molar-refractivity contribution in [2.45, 2.75) is 26.9 Å². The number of rotatable bonds is 5. The van der Waals surface area contributed by atoms with E-state index < -0.39 is 12.0 Å². The molecule has 2 N–H and O–H groups in total. The number of aryl methyl sites for hydroxylation is 1. The summed E-state index contributed by atoms with van der Waals surface area (Å²) in [6, 6.07) is 13.9. The van der Waals surface area contributed by atoms with Crippen molar-refractivity contribution in [1.29, 1.82) is 0 Å². The highest BCUT2D eigenvalue weighted by molar-refractivity contribution is 6.29. The smallest absolute Gasteiger partial charge is 0.271 e. The molecule has 0 aliphatic carbocycles. The Hall–Kier alpha value is -4.17. The van der Waals surface area contributed by atoms with Crippen molar-refractivity contribution >= 4 is 39.6 Å². The van der Waals surface area contributed by atoms with Crippen LogP contribution in [0.25, 0.3) is 33.7 Å². The first-order valence-corrected chi connectivity index (χ1v) is 11.2. The number of pyridine rings is 1. The third-order valence-corrected chi connectivity index (χ3v) is 5.89. The first-order chi connectivity index (χ1) is 16.7. The van der Waals surface area contributed by atoms with Crippen molar-refractivity contribution in [3.05, 3.63) is 86.3 Å². The highest BCUT2D eigenvalue weighted by atomic mass is 35.5. The van der Waals surface area contributed by atoms with Gasteiger partial charge in [0.25, 0.3) is 11.8 Å². The largest absolute Gasteiger partial charge is 0.483 e. The number of aromatic nitrogens is 2. The minimum Gasteiger partial charge on any atom is -0.483 e.